The van der Waals surface area contributed by atoms with Gasteiger partial charge in [-0.15, -0.1) is 0 Å². The third-order valence-electron chi connectivity index (χ3n) is 4.74. The van der Waals surface area contributed by atoms with Crippen molar-refractivity contribution in [2.75, 3.05) is 13.2 Å². The van der Waals surface area contributed by atoms with E-state index in [4.69, 9.17) is 20.9 Å². The molecule has 28 heavy (non-hydrogen) atoms. The highest BCUT2D eigenvalue weighted by atomic mass is 35.5. The smallest absolute Gasteiger partial charge is 0.232 e. The average molecular weight is 398 g/mol. The molecular formula is C21H20ClN3O3. The van der Waals surface area contributed by atoms with Gasteiger partial charge in [0.25, 0.3) is 0 Å². The number of carbonyl (C=O) groups excluding carboxylic acids is 1. The van der Waals surface area contributed by atoms with Crippen molar-refractivity contribution < 1.29 is 14.1 Å². The number of likely N-dealkylation sites (tertiary alicyclic amines) is 1. The normalized spacial score (nSPS) is 16.6. The van der Waals surface area contributed by atoms with Gasteiger partial charge in [-0.05, 0) is 37.3 Å². The molecule has 144 valence electrons. The van der Waals surface area contributed by atoms with Crippen LogP contribution in [0.5, 0.6) is 5.75 Å². The van der Waals surface area contributed by atoms with E-state index in [0.717, 1.165) is 16.9 Å². The largest absolute Gasteiger partial charge is 0.494 e. The van der Waals surface area contributed by atoms with E-state index >= 15 is 0 Å². The summed E-state index contributed by atoms with van der Waals surface area (Å²) in [6.07, 6.45) is 0.360. The number of carbonyl (C=O) groups is 1. The maximum Gasteiger partial charge on any atom is 0.232 e. The molecule has 1 amide bonds. The van der Waals surface area contributed by atoms with Crippen LogP contribution in [0.3, 0.4) is 0 Å². The Hall–Kier alpha value is -2.86. The number of hydrogen-bond acceptors (Lipinski definition) is 5. The third kappa shape index (κ3) is 3.87. The van der Waals surface area contributed by atoms with Gasteiger partial charge >= 0.3 is 0 Å². The summed E-state index contributed by atoms with van der Waals surface area (Å²) >= 11 is 5.92. The highest BCUT2D eigenvalue weighted by molar-refractivity contribution is 6.30. The predicted molar refractivity (Wildman–Crippen MR) is 105 cm³/mol. The number of benzene rings is 2. The Morgan fingerprint density at radius 3 is 2.79 bits per heavy atom. The van der Waals surface area contributed by atoms with Crippen molar-refractivity contribution in [3.05, 3.63) is 65.0 Å². The molecule has 0 aliphatic carbocycles. The van der Waals surface area contributed by atoms with Crippen molar-refractivity contribution in [2.24, 2.45) is 0 Å². The Kier molecular flexibility index (Phi) is 5.30. The maximum atomic E-state index is 12.5. The molecule has 6 nitrogen and oxygen atoms in total. The Morgan fingerprint density at radius 2 is 2.00 bits per heavy atom. The zero-order valence-corrected chi connectivity index (χ0v) is 16.2. The number of rotatable bonds is 6. The monoisotopic (exact) mass is 397 g/mol. The first-order valence-electron chi connectivity index (χ1n) is 9.22. The van der Waals surface area contributed by atoms with Gasteiger partial charge < -0.3 is 14.2 Å². The van der Waals surface area contributed by atoms with Gasteiger partial charge in [0.05, 0.1) is 12.5 Å². The van der Waals surface area contributed by atoms with Gasteiger partial charge in [-0.25, -0.2) is 0 Å². The molecule has 0 bridgehead atoms. The van der Waals surface area contributed by atoms with Gasteiger partial charge in [0.2, 0.25) is 17.6 Å². The zero-order valence-electron chi connectivity index (χ0n) is 15.5. The summed E-state index contributed by atoms with van der Waals surface area (Å²) in [5.74, 6) is 1.75. The van der Waals surface area contributed by atoms with Crippen LogP contribution in [0.4, 0.5) is 0 Å². The van der Waals surface area contributed by atoms with Crippen LogP contribution < -0.4 is 4.74 Å². The molecule has 7 heteroatoms. The Labute approximate surface area is 168 Å². The maximum absolute atomic E-state index is 12.5. The van der Waals surface area contributed by atoms with Crippen LogP contribution in [-0.4, -0.2) is 34.1 Å². The van der Waals surface area contributed by atoms with Crippen LogP contribution in [0, 0.1) is 0 Å². The number of ether oxygens (including phenoxy) is 1. The molecule has 3 aromatic rings. The van der Waals surface area contributed by atoms with E-state index in [2.05, 4.69) is 10.1 Å². The van der Waals surface area contributed by atoms with E-state index in [1.165, 1.54) is 0 Å². The average Bonchev–Trinajstić information content (AvgIpc) is 3.32. The molecule has 2 heterocycles. The lowest BCUT2D eigenvalue weighted by molar-refractivity contribution is -0.128. The molecule has 0 spiro atoms. The number of amides is 1. The summed E-state index contributed by atoms with van der Waals surface area (Å²) in [7, 11) is 0. The molecule has 1 atom stereocenters. The highest BCUT2D eigenvalue weighted by Gasteiger charge is 2.34. The van der Waals surface area contributed by atoms with Crippen LogP contribution in [0.15, 0.2) is 53.1 Å². The first-order chi connectivity index (χ1) is 13.6. The second-order valence-electron chi connectivity index (χ2n) is 6.68. The van der Waals surface area contributed by atoms with Gasteiger partial charge in [-0.1, -0.05) is 35.0 Å². The summed E-state index contributed by atoms with van der Waals surface area (Å²) in [5, 5.41) is 4.70. The van der Waals surface area contributed by atoms with E-state index in [1.807, 2.05) is 48.2 Å². The van der Waals surface area contributed by atoms with Gasteiger partial charge in [0, 0.05) is 35.7 Å². The van der Waals surface area contributed by atoms with Crippen LogP contribution in [0.1, 0.15) is 30.7 Å². The molecular weight excluding hydrogens is 378 g/mol. The molecule has 1 fully saturated rings. The fourth-order valence-corrected chi connectivity index (χ4v) is 3.47. The molecule has 1 saturated heterocycles. The summed E-state index contributed by atoms with van der Waals surface area (Å²) < 4.78 is 11.1. The number of hydrogen-bond donors (Lipinski definition) is 0. The lowest BCUT2D eigenvalue weighted by Crippen LogP contribution is -2.24. The molecule has 1 aromatic heterocycles. The van der Waals surface area contributed by atoms with Gasteiger partial charge in [0.1, 0.15) is 5.75 Å². The van der Waals surface area contributed by atoms with Crippen LogP contribution in [-0.2, 0) is 11.3 Å². The van der Waals surface area contributed by atoms with Gasteiger partial charge in [-0.3, -0.25) is 4.79 Å². The van der Waals surface area contributed by atoms with Gasteiger partial charge in [0.15, 0.2) is 0 Å². The lowest BCUT2D eigenvalue weighted by Gasteiger charge is -2.18. The summed E-state index contributed by atoms with van der Waals surface area (Å²) in [4.78, 5) is 18.8. The molecule has 0 saturated carbocycles. The van der Waals surface area contributed by atoms with Gasteiger partial charge in [-0.2, -0.15) is 4.98 Å². The number of nitrogens with zero attached hydrogens (tertiary/aromatic N) is 3. The molecule has 0 radical (unpaired) electrons. The minimum atomic E-state index is -0.111. The Bertz CT molecular complexity index is 971. The van der Waals surface area contributed by atoms with E-state index in [-0.39, 0.29) is 11.8 Å². The number of halogens is 1. The Balaban J connectivity index is 1.47. The molecule has 4 rings (SSSR count). The van der Waals surface area contributed by atoms with E-state index in [9.17, 15) is 4.79 Å². The topological polar surface area (TPSA) is 68.5 Å². The molecule has 2 aromatic carbocycles. The molecule has 1 aliphatic rings. The van der Waals surface area contributed by atoms with E-state index in [0.29, 0.717) is 42.9 Å². The van der Waals surface area contributed by atoms with Crippen LogP contribution >= 0.6 is 11.6 Å². The molecule has 0 N–H and O–H groups in total. The van der Waals surface area contributed by atoms with Crippen LogP contribution in [0.25, 0.3) is 11.4 Å². The fourth-order valence-electron chi connectivity index (χ4n) is 3.34. The van der Waals surface area contributed by atoms with Crippen molar-refractivity contribution in [3.8, 4) is 17.1 Å². The standard InChI is InChI=1S/C21H20ClN3O3/c1-2-27-18-6-4-3-5-15(18)12-25-13-16(11-19(25)26)21-23-20(24-28-21)14-7-9-17(22)10-8-14/h3-10,16H,2,11-13H2,1H3. The molecule has 1 unspecified atom stereocenters. The minimum absolute atomic E-state index is 0.0718. The molecule has 1 aliphatic heterocycles. The lowest BCUT2D eigenvalue weighted by atomic mass is 10.1. The first kappa shape index (κ1) is 18.5. The van der Waals surface area contributed by atoms with Crippen molar-refractivity contribution in [1.29, 1.82) is 0 Å². The zero-order chi connectivity index (χ0) is 19.5. The SMILES string of the molecule is CCOc1ccccc1CN1CC(c2nc(-c3ccc(Cl)cc3)no2)CC1=O. The second-order valence-corrected chi connectivity index (χ2v) is 7.12. The first-order valence-corrected chi connectivity index (χ1v) is 9.60. The summed E-state index contributed by atoms with van der Waals surface area (Å²) in [5.41, 5.74) is 1.82. The van der Waals surface area contributed by atoms with Crippen molar-refractivity contribution >= 4 is 17.5 Å². The number of para-hydroxylation sites is 1. The van der Waals surface area contributed by atoms with Crippen molar-refractivity contribution in [3.63, 3.8) is 0 Å². The summed E-state index contributed by atoms with van der Waals surface area (Å²) in [6.45, 7) is 3.58. The third-order valence-corrected chi connectivity index (χ3v) is 4.99. The van der Waals surface area contributed by atoms with Crippen LogP contribution in [0.2, 0.25) is 5.02 Å². The predicted octanol–water partition coefficient (Wildman–Crippen LogP) is 4.30. The number of aromatic nitrogens is 2. The quantitative estimate of drug-likeness (QED) is 0.620. The van der Waals surface area contributed by atoms with E-state index < -0.39 is 0 Å². The van der Waals surface area contributed by atoms with Crippen molar-refractivity contribution in [1.82, 2.24) is 15.0 Å². The highest BCUT2D eigenvalue weighted by Crippen LogP contribution is 2.31. The Morgan fingerprint density at radius 1 is 1.21 bits per heavy atom. The fraction of sp³-hybridized carbons (Fsp3) is 0.286. The van der Waals surface area contributed by atoms with Crippen molar-refractivity contribution in [2.45, 2.75) is 25.8 Å². The summed E-state index contributed by atoms with van der Waals surface area (Å²) in [6, 6.07) is 15.0. The van der Waals surface area contributed by atoms with E-state index in [1.54, 1.807) is 12.1 Å². The minimum Gasteiger partial charge on any atom is -0.494 e. The second kappa shape index (κ2) is 8.02.